The molecule has 11 heteroatoms. The molecule has 2 aromatic heterocycles. The second-order valence-corrected chi connectivity index (χ2v) is 8.34. The maximum atomic E-state index is 14.9. The monoisotopic (exact) mass is 449 g/mol. The highest BCUT2D eigenvalue weighted by Crippen LogP contribution is 2.30. The lowest BCUT2D eigenvalue weighted by molar-refractivity contribution is 0.116. The third-order valence-corrected chi connectivity index (χ3v) is 6.08. The Labute approximate surface area is 178 Å². The third kappa shape index (κ3) is 4.05. The van der Waals surface area contributed by atoms with Crippen LogP contribution >= 0.6 is 0 Å². The molecular formula is C20H18F3N5O2S. The van der Waals surface area contributed by atoms with Crippen LogP contribution in [0.3, 0.4) is 0 Å². The van der Waals surface area contributed by atoms with E-state index in [9.17, 15) is 17.4 Å². The van der Waals surface area contributed by atoms with Crippen molar-refractivity contribution >= 4 is 27.6 Å². The van der Waals surface area contributed by atoms with Gasteiger partial charge in [-0.1, -0.05) is 19.1 Å². The fraction of sp³-hybridized carbons (Fsp3) is 0.250. The van der Waals surface area contributed by atoms with Gasteiger partial charge in [0.2, 0.25) is 5.89 Å². The van der Waals surface area contributed by atoms with Gasteiger partial charge in [0.05, 0.1) is 23.9 Å². The van der Waals surface area contributed by atoms with Gasteiger partial charge in [-0.25, -0.2) is 8.60 Å². The highest BCUT2D eigenvalue weighted by molar-refractivity contribution is 7.86. The van der Waals surface area contributed by atoms with E-state index in [0.29, 0.717) is 11.4 Å². The molecule has 7 nitrogen and oxygen atoms in total. The average Bonchev–Trinajstić information content (AvgIpc) is 3.40. The first-order chi connectivity index (χ1) is 14.9. The van der Waals surface area contributed by atoms with Gasteiger partial charge in [0.25, 0.3) is 5.89 Å². The van der Waals surface area contributed by atoms with Crippen LogP contribution in [-0.4, -0.2) is 29.9 Å². The Morgan fingerprint density at radius 3 is 2.71 bits per heavy atom. The van der Waals surface area contributed by atoms with E-state index in [0.717, 1.165) is 17.0 Å². The smallest absolute Gasteiger partial charge is 0.314 e. The normalized spacial score (nSPS) is 12.6. The zero-order valence-electron chi connectivity index (χ0n) is 16.6. The van der Waals surface area contributed by atoms with E-state index < -0.39 is 29.1 Å². The summed E-state index contributed by atoms with van der Waals surface area (Å²) in [6.45, 7) is 1.81. The van der Waals surface area contributed by atoms with Gasteiger partial charge in [0.1, 0.15) is 16.8 Å². The van der Waals surface area contributed by atoms with Crippen LogP contribution in [0, 0.1) is 5.82 Å². The van der Waals surface area contributed by atoms with Crippen LogP contribution in [0.1, 0.15) is 24.8 Å². The Bertz CT molecular complexity index is 1260. The summed E-state index contributed by atoms with van der Waals surface area (Å²) in [5.41, 5.74) is 1.99. The minimum Gasteiger partial charge on any atom is -0.415 e. The number of rotatable bonds is 7. The molecule has 0 aliphatic heterocycles. The van der Waals surface area contributed by atoms with Crippen LogP contribution < -0.4 is 4.31 Å². The first-order valence-corrected chi connectivity index (χ1v) is 10.6. The highest BCUT2D eigenvalue weighted by Gasteiger charge is 2.21. The van der Waals surface area contributed by atoms with Gasteiger partial charge in [-0.2, -0.15) is 13.9 Å². The predicted octanol–water partition coefficient (Wildman–Crippen LogP) is 4.39. The van der Waals surface area contributed by atoms with Gasteiger partial charge in [-0.05, 0) is 24.3 Å². The Kier molecular flexibility index (Phi) is 5.77. The van der Waals surface area contributed by atoms with E-state index >= 15 is 0 Å². The molecule has 0 spiro atoms. The van der Waals surface area contributed by atoms with Crippen molar-refractivity contribution in [2.75, 3.05) is 10.1 Å². The Balaban J connectivity index is 1.68. The van der Waals surface area contributed by atoms with E-state index in [1.807, 2.05) is 25.2 Å². The third-order valence-electron chi connectivity index (χ3n) is 4.77. The zero-order chi connectivity index (χ0) is 22.1. The highest BCUT2D eigenvalue weighted by atomic mass is 32.2. The minimum atomic E-state index is -2.90. The Morgan fingerprint density at radius 2 is 2.03 bits per heavy atom. The molecule has 0 saturated heterocycles. The summed E-state index contributed by atoms with van der Waals surface area (Å²) in [5, 5.41) is 11.8. The molecule has 0 radical (unpaired) electrons. The SMILES string of the molecule is CCS(=O)N(Cc1ccc(-c2nnc(C(F)F)o2)cc1F)c1cccc2c1cnn2C. The predicted molar refractivity (Wildman–Crippen MR) is 110 cm³/mol. The summed E-state index contributed by atoms with van der Waals surface area (Å²) in [6.07, 6.45) is -1.22. The summed E-state index contributed by atoms with van der Waals surface area (Å²) in [4.78, 5) is 0. The molecular weight excluding hydrogens is 431 g/mol. The topological polar surface area (TPSA) is 77.1 Å². The molecule has 0 aliphatic carbocycles. The van der Waals surface area contributed by atoms with Gasteiger partial charge < -0.3 is 4.42 Å². The number of hydrogen-bond donors (Lipinski definition) is 0. The molecule has 0 amide bonds. The number of anilines is 1. The van der Waals surface area contributed by atoms with Crippen LogP contribution in [-0.2, 0) is 24.6 Å². The number of aryl methyl sites for hydroxylation is 1. The molecule has 4 aromatic rings. The lowest BCUT2D eigenvalue weighted by Crippen LogP contribution is -2.27. The van der Waals surface area contributed by atoms with Gasteiger partial charge in [-0.3, -0.25) is 8.99 Å². The second-order valence-electron chi connectivity index (χ2n) is 6.68. The van der Waals surface area contributed by atoms with Crippen molar-refractivity contribution in [2.45, 2.75) is 19.9 Å². The van der Waals surface area contributed by atoms with Crippen LogP contribution in [0.15, 0.2) is 47.0 Å². The number of fused-ring (bicyclic) bond motifs is 1. The van der Waals surface area contributed by atoms with Gasteiger partial charge in [0.15, 0.2) is 0 Å². The average molecular weight is 449 g/mol. The summed E-state index contributed by atoms with van der Waals surface area (Å²) in [7, 11) is 0.399. The van der Waals surface area contributed by atoms with Gasteiger partial charge >= 0.3 is 6.43 Å². The molecule has 0 saturated carbocycles. The summed E-state index contributed by atoms with van der Waals surface area (Å²) < 4.78 is 61.2. The summed E-state index contributed by atoms with van der Waals surface area (Å²) >= 11 is 0. The molecule has 4 rings (SSSR count). The molecule has 0 aliphatic rings. The maximum absolute atomic E-state index is 14.9. The minimum absolute atomic E-state index is 0.0344. The number of alkyl halides is 2. The molecule has 0 bridgehead atoms. The summed E-state index contributed by atoms with van der Waals surface area (Å²) in [5.74, 6) is -1.29. The number of benzene rings is 2. The first-order valence-electron chi connectivity index (χ1n) is 9.36. The van der Waals surface area contributed by atoms with E-state index in [1.165, 1.54) is 12.1 Å². The van der Waals surface area contributed by atoms with Crippen LogP contribution in [0.4, 0.5) is 18.9 Å². The standard InChI is InChI=1S/C20H18F3N5O2S/c1-3-31(29)28(17-6-4-5-16-14(17)10-24-27(16)2)11-13-8-7-12(9-15(13)21)19-25-26-20(30-19)18(22)23/h4-10,18H,3,11H2,1-2H3. The van der Waals surface area contributed by atoms with E-state index in [-0.39, 0.29) is 23.6 Å². The van der Waals surface area contributed by atoms with Crippen molar-refractivity contribution in [3.8, 4) is 11.5 Å². The zero-order valence-corrected chi connectivity index (χ0v) is 17.4. The van der Waals surface area contributed by atoms with Gasteiger partial charge in [0, 0.05) is 29.3 Å². The fourth-order valence-electron chi connectivity index (χ4n) is 3.21. The van der Waals surface area contributed by atoms with Crippen molar-refractivity contribution in [3.63, 3.8) is 0 Å². The lowest BCUT2D eigenvalue weighted by Gasteiger charge is -2.24. The second kappa shape index (κ2) is 8.50. The van der Waals surface area contributed by atoms with Crippen molar-refractivity contribution in [3.05, 3.63) is 59.9 Å². The van der Waals surface area contributed by atoms with Crippen molar-refractivity contribution < 1.29 is 21.8 Å². The number of hydrogen-bond acceptors (Lipinski definition) is 5. The first kappa shape index (κ1) is 21.0. The molecule has 2 aromatic carbocycles. The maximum Gasteiger partial charge on any atom is 0.314 e. The molecule has 0 fully saturated rings. The van der Waals surface area contributed by atoms with Gasteiger partial charge in [-0.15, -0.1) is 10.2 Å². The quantitative estimate of drug-likeness (QED) is 0.418. The van der Waals surface area contributed by atoms with E-state index in [4.69, 9.17) is 4.42 Å². The number of aromatic nitrogens is 4. The van der Waals surface area contributed by atoms with E-state index in [1.54, 1.807) is 22.1 Å². The lowest BCUT2D eigenvalue weighted by atomic mass is 10.1. The summed E-state index contributed by atoms with van der Waals surface area (Å²) in [6, 6.07) is 9.66. The van der Waals surface area contributed by atoms with Crippen LogP contribution in [0.2, 0.25) is 0 Å². The number of nitrogens with zero attached hydrogens (tertiary/aromatic N) is 5. The van der Waals surface area contributed by atoms with Crippen molar-refractivity contribution in [1.29, 1.82) is 0 Å². The Morgan fingerprint density at radius 1 is 1.23 bits per heavy atom. The fourth-order valence-corrected chi connectivity index (χ4v) is 4.18. The molecule has 1 unspecified atom stereocenters. The largest absolute Gasteiger partial charge is 0.415 e. The molecule has 31 heavy (non-hydrogen) atoms. The van der Waals surface area contributed by atoms with E-state index in [2.05, 4.69) is 15.3 Å². The molecule has 2 heterocycles. The number of halogens is 3. The van der Waals surface area contributed by atoms with Crippen LogP contribution in [0.25, 0.3) is 22.4 Å². The molecule has 1 atom stereocenters. The van der Waals surface area contributed by atoms with Crippen molar-refractivity contribution in [2.24, 2.45) is 7.05 Å². The van der Waals surface area contributed by atoms with Crippen LogP contribution in [0.5, 0.6) is 0 Å². The van der Waals surface area contributed by atoms with Crippen molar-refractivity contribution in [1.82, 2.24) is 20.0 Å². The Hall–Kier alpha value is -3.21. The molecule has 0 N–H and O–H groups in total. The molecule has 162 valence electrons.